The third-order valence-electron chi connectivity index (χ3n) is 4.96. The first-order valence-electron chi connectivity index (χ1n) is 10.5. The fraction of sp³-hybridized carbons (Fsp3) is 0.200. The van der Waals surface area contributed by atoms with Crippen LogP contribution in [0.5, 0.6) is 0 Å². The highest BCUT2D eigenvalue weighted by Crippen LogP contribution is 2.28. The molecule has 1 N–H and O–H groups in total. The third-order valence-corrected chi connectivity index (χ3v) is 6.93. The lowest BCUT2D eigenvalue weighted by atomic mass is 10.1. The SMILES string of the molecule is CCN(c1ccccc1)S(=O)(=O)c1ccccc1NC(=O)CCCC(=O)c1ccccc1. The van der Waals surface area contributed by atoms with Crippen molar-refractivity contribution in [3.05, 3.63) is 90.5 Å². The number of amides is 1. The molecule has 0 radical (unpaired) electrons. The third kappa shape index (κ3) is 5.62. The lowest BCUT2D eigenvalue weighted by Crippen LogP contribution is -2.31. The van der Waals surface area contributed by atoms with Gasteiger partial charge in [0.2, 0.25) is 5.91 Å². The van der Waals surface area contributed by atoms with Gasteiger partial charge in [0, 0.05) is 24.9 Å². The summed E-state index contributed by atoms with van der Waals surface area (Å²) >= 11 is 0. The first kappa shape index (κ1) is 23.2. The van der Waals surface area contributed by atoms with Crippen molar-refractivity contribution in [1.82, 2.24) is 0 Å². The standard InChI is InChI=1S/C25H26N2O4S/c1-2-27(21-14-7-4-8-15-21)32(30,31)24-18-10-9-16-22(24)26-25(29)19-11-17-23(28)20-12-5-3-6-13-20/h3-10,12-16,18H,2,11,17,19H2,1H3,(H,26,29). The number of Topliss-reactive ketones (excluding diaryl/α,β-unsaturated/α-hetero) is 1. The molecule has 0 atom stereocenters. The summed E-state index contributed by atoms with van der Waals surface area (Å²) in [5.41, 5.74) is 1.39. The van der Waals surface area contributed by atoms with E-state index in [0.29, 0.717) is 17.7 Å². The second-order valence-electron chi connectivity index (χ2n) is 7.19. The van der Waals surface area contributed by atoms with Crippen LogP contribution in [-0.4, -0.2) is 26.7 Å². The van der Waals surface area contributed by atoms with E-state index < -0.39 is 10.0 Å². The zero-order valence-electron chi connectivity index (χ0n) is 17.9. The van der Waals surface area contributed by atoms with Crippen molar-refractivity contribution in [2.75, 3.05) is 16.2 Å². The van der Waals surface area contributed by atoms with Gasteiger partial charge in [-0.1, -0.05) is 60.7 Å². The first-order chi connectivity index (χ1) is 15.4. The smallest absolute Gasteiger partial charge is 0.266 e. The van der Waals surface area contributed by atoms with Gasteiger partial charge in [0.25, 0.3) is 10.0 Å². The van der Waals surface area contributed by atoms with Crippen molar-refractivity contribution >= 4 is 33.1 Å². The van der Waals surface area contributed by atoms with Gasteiger partial charge in [0.15, 0.2) is 5.78 Å². The maximum Gasteiger partial charge on any atom is 0.266 e. The Morgan fingerprint density at radius 2 is 1.41 bits per heavy atom. The zero-order chi connectivity index (χ0) is 23.0. The van der Waals surface area contributed by atoms with E-state index in [-0.39, 0.29) is 41.7 Å². The van der Waals surface area contributed by atoms with Crippen LogP contribution in [0.2, 0.25) is 0 Å². The van der Waals surface area contributed by atoms with E-state index in [9.17, 15) is 18.0 Å². The van der Waals surface area contributed by atoms with E-state index in [1.165, 1.54) is 10.4 Å². The highest BCUT2D eigenvalue weighted by Gasteiger charge is 2.26. The number of benzene rings is 3. The van der Waals surface area contributed by atoms with Crippen LogP contribution >= 0.6 is 0 Å². The summed E-state index contributed by atoms with van der Waals surface area (Å²) in [5, 5.41) is 2.70. The highest BCUT2D eigenvalue weighted by atomic mass is 32.2. The second-order valence-corrected chi connectivity index (χ2v) is 9.02. The Labute approximate surface area is 188 Å². The largest absolute Gasteiger partial charge is 0.325 e. The van der Waals surface area contributed by atoms with Crippen molar-refractivity contribution in [2.24, 2.45) is 0 Å². The van der Waals surface area contributed by atoms with Gasteiger partial charge >= 0.3 is 0 Å². The molecular formula is C25H26N2O4S. The Morgan fingerprint density at radius 1 is 0.812 bits per heavy atom. The van der Waals surface area contributed by atoms with Crippen LogP contribution in [0.3, 0.4) is 0 Å². The molecule has 3 rings (SSSR count). The monoisotopic (exact) mass is 450 g/mol. The number of carbonyl (C=O) groups excluding carboxylic acids is 2. The van der Waals surface area contributed by atoms with Crippen molar-refractivity contribution < 1.29 is 18.0 Å². The minimum atomic E-state index is -3.89. The van der Waals surface area contributed by atoms with Crippen LogP contribution < -0.4 is 9.62 Å². The molecule has 3 aromatic carbocycles. The quantitative estimate of drug-likeness (QED) is 0.446. The fourth-order valence-electron chi connectivity index (χ4n) is 3.39. The van der Waals surface area contributed by atoms with Crippen LogP contribution in [0.25, 0.3) is 0 Å². The molecule has 0 aromatic heterocycles. The van der Waals surface area contributed by atoms with Gasteiger partial charge in [-0.2, -0.15) is 0 Å². The molecule has 1 amide bonds. The van der Waals surface area contributed by atoms with Crippen molar-refractivity contribution in [1.29, 1.82) is 0 Å². The van der Waals surface area contributed by atoms with Crippen LogP contribution in [-0.2, 0) is 14.8 Å². The summed E-state index contributed by atoms with van der Waals surface area (Å²) in [6, 6.07) is 24.1. The van der Waals surface area contributed by atoms with Crippen LogP contribution in [0.15, 0.2) is 89.8 Å². The van der Waals surface area contributed by atoms with Crippen molar-refractivity contribution in [3.63, 3.8) is 0 Å². The molecule has 3 aromatic rings. The van der Waals surface area contributed by atoms with Gasteiger partial charge in [-0.05, 0) is 37.6 Å². The Kier molecular flexibility index (Phi) is 7.78. The second kappa shape index (κ2) is 10.7. The summed E-state index contributed by atoms with van der Waals surface area (Å²) in [4.78, 5) is 24.7. The summed E-state index contributed by atoms with van der Waals surface area (Å²) in [6.45, 7) is 2.01. The number of nitrogens with one attached hydrogen (secondary N) is 1. The number of ketones is 1. The molecule has 0 unspecified atom stereocenters. The number of nitrogens with zero attached hydrogens (tertiary/aromatic N) is 1. The Hall–Kier alpha value is -3.45. The highest BCUT2D eigenvalue weighted by molar-refractivity contribution is 7.93. The van der Waals surface area contributed by atoms with Gasteiger partial charge in [-0.25, -0.2) is 8.42 Å². The zero-order valence-corrected chi connectivity index (χ0v) is 18.7. The number of para-hydroxylation sites is 2. The summed E-state index contributed by atoms with van der Waals surface area (Å²) in [7, 11) is -3.89. The van der Waals surface area contributed by atoms with E-state index >= 15 is 0 Å². The van der Waals surface area contributed by atoms with Gasteiger partial charge < -0.3 is 5.32 Å². The predicted molar refractivity (Wildman–Crippen MR) is 126 cm³/mol. The molecule has 166 valence electrons. The minimum absolute atomic E-state index is 0.0252. The molecule has 32 heavy (non-hydrogen) atoms. The Morgan fingerprint density at radius 3 is 2.06 bits per heavy atom. The number of carbonyl (C=O) groups is 2. The molecule has 0 aliphatic carbocycles. The predicted octanol–water partition coefficient (Wildman–Crippen LogP) is 4.89. The average molecular weight is 451 g/mol. The topological polar surface area (TPSA) is 83.6 Å². The molecule has 7 heteroatoms. The van der Waals surface area contributed by atoms with Gasteiger partial charge in [-0.15, -0.1) is 0 Å². The number of anilines is 2. The Bertz CT molecular complexity index is 1160. The molecular weight excluding hydrogens is 424 g/mol. The van der Waals surface area contributed by atoms with E-state index in [1.54, 1.807) is 73.7 Å². The lowest BCUT2D eigenvalue weighted by molar-refractivity contribution is -0.116. The molecule has 6 nitrogen and oxygen atoms in total. The molecule has 0 spiro atoms. The molecule has 0 saturated heterocycles. The van der Waals surface area contributed by atoms with Crippen LogP contribution in [0.1, 0.15) is 36.5 Å². The minimum Gasteiger partial charge on any atom is -0.325 e. The van der Waals surface area contributed by atoms with E-state index in [0.717, 1.165) is 0 Å². The van der Waals surface area contributed by atoms with Gasteiger partial charge in [-0.3, -0.25) is 13.9 Å². The number of sulfonamides is 1. The molecule has 0 heterocycles. The maximum atomic E-state index is 13.4. The number of hydrogen-bond acceptors (Lipinski definition) is 4. The van der Waals surface area contributed by atoms with Crippen molar-refractivity contribution in [3.8, 4) is 0 Å². The average Bonchev–Trinajstić information content (AvgIpc) is 2.81. The molecule has 0 aliphatic rings. The maximum absolute atomic E-state index is 13.4. The summed E-state index contributed by atoms with van der Waals surface area (Å²) in [6.07, 6.45) is 0.734. The summed E-state index contributed by atoms with van der Waals surface area (Å²) in [5.74, 6) is -0.362. The van der Waals surface area contributed by atoms with Crippen molar-refractivity contribution in [2.45, 2.75) is 31.1 Å². The molecule has 0 bridgehead atoms. The van der Waals surface area contributed by atoms with Crippen LogP contribution in [0, 0.1) is 0 Å². The number of rotatable bonds is 10. The summed E-state index contributed by atoms with van der Waals surface area (Å²) < 4.78 is 28.0. The number of hydrogen-bond donors (Lipinski definition) is 1. The van der Waals surface area contributed by atoms with Crippen LogP contribution in [0.4, 0.5) is 11.4 Å². The first-order valence-corrected chi connectivity index (χ1v) is 11.9. The van der Waals surface area contributed by atoms with E-state index in [2.05, 4.69) is 5.32 Å². The molecule has 0 fully saturated rings. The van der Waals surface area contributed by atoms with E-state index in [4.69, 9.17) is 0 Å². The van der Waals surface area contributed by atoms with E-state index in [1.807, 2.05) is 12.1 Å². The fourth-order valence-corrected chi connectivity index (χ4v) is 5.01. The normalized spacial score (nSPS) is 11.0. The molecule has 0 saturated carbocycles. The lowest BCUT2D eigenvalue weighted by Gasteiger charge is -2.24. The molecule has 0 aliphatic heterocycles. The Balaban J connectivity index is 1.69. The van der Waals surface area contributed by atoms with Gasteiger partial charge in [0.1, 0.15) is 4.90 Å². The van der Waals surface area contributed by atoms with Gasteiger partial charge in [0.05, 0.1) is 11.4 Å².